The molecule has 1 amide bonds. The number of sulfonamides is 1. The number of carbonyl (C=O) groups excluding carboxylic acids is 1. The number of amides is 1. The van der Waals surface area contributed by atoms with E-state index in [1.807, 2.05) is 6.92 Å². The lowest BCUT2D eigenvalue weighted by Gasteiger charge is -2.19. The largest absolute Gasteiger partial charge is 0.376 e. The topological polar surface area (TPSA) is 98.5 Å². The van der Waals surface area contributed by atoms with Crippen molar-refractivity contribution in [2.75, 3.05) is 6.61 Å². The number of primary sulfonamides is 1. The number of nitrogens with one attached hydrogen (secondary N) is 1. The molecule has 0 unspecified atom stereocenters. The molecule has 2 atom stereocenters. The van der Waals surface area contributed by atoms with Gasteiger partial charge < -0.3 is 10.1 Å². The lowest BCUT2D eigenvalue weighted by Crippen LogP contribution is -2.40. The Kier molecular flexibility index (Phi) is 5.55. The second-order valence-corrected chi connectivity index (χ2v) is 7.16. The molecule has 1 aromatic rings. The summed E-state index contributed by atoms with van der Waals surface area (Å²) >= 11 is 0. The SMILES string of the molecule is C[C@H](NC(=O)CCc1ccc(S(N)(=O)=O)cc1)[C@@H]1CCCO1. The summed E-state index contributed by atoms with van der Waals surface area (Å²) in [4.78, 5) is 12.0. The van der Waals surface area contributed by atoms with Crippen molar-refractivity contribution in [3.63, 3.8) is 0 Å². The first kappa shape index (κ1) is 16.9. The summed E-state index contributed by atoms with van der Waals surface area (Å²) in [7, 11) is -3.67. The highest BCUT2D eigenvalue weighted by Crippen LogP contribution is 2.15. The number of hydrogen-bond donors (Lipinski definition) is 2. The standard InChI is InChI=1S/C15H22N2O4S/c1-11(14-3-2-10-21-14)17-15(18)9-6-12-4-7-13(8-5-12)22(16,19)20/h4-5,7-8,11,14H,2-3,6,9-10H2,1H3,(H,17,18)(H2,16,19,20)/t11-,14-/m0/s1. The van der Waals surface area contributed by atoms with E-state index in [4.69, 9.17) is 9.88 Å². The fraction of sp³-hybridized carbons (Fsp3) is 0.533. The first-order valence-corrected chi connectivity index (χ1v) is 8.93. The molecule has 7 heteroatoms. The van der Waals surface area contributed by atoms with Crippen LogP contribution in [0.4, 0.5) is 0 Å². The van der Waals surface area contributed by atoms with Crippen LogP contribution in [0, 0.1) is 0 Å². The smallest absolute Gasteiger partial charge is 0.238 e. The van der Waals surface area contributed by atoms with Crippen molar-refractivity contribution in [3.8, 4) is 0 Å². The van der Waals surface area contributed by atoms with Gasteiger partial charge in [0.05, 0.1) is 17.0 Å². The van der Waals surface area contributed by atoms with Gasteiger partial charge in [-0.05, 0) is 43.9 Å². The van der Waals surface area contributed by atoms with E-state index in [0.717, 1.165) is 25.0 Å². The number of aryl methyl sites for hydroxylation is 1. The Morgan fingerprint density at radius 2 is 2.09 bits per heavy atom. The van der Waals surface area contributed by atoms with Crippen LogP contribution in [0.5, 0.6) is 0 Å². The lowest BCUT2D eigenvalue weighted by atomic mass is 10.1. The van der Waals surface area contributed by atoms with Crippen molar-refractivity contribution in [2.24, 2.45) is 5.14 Å². The molecule has 0 saturated carbocycles. The Bertz CT molecular complexity index is 607. The summed E-state index contributed by atoms with van der Waals surface area (Å²) in [6.07, 6.45) is 3.04. The minimum atomic E-state index is -3.67. The molecule has 1 aliphatic heterocycles. The van der Waals surface area contributed by atoms with Crippen LogP contribution < -0.4 is 10.5 Å². The van der Waals surface area contributed by atoms with Crippen molar-refractivity contribution in [3.05, 3.63) is 29.8 Å². The molecule has 0 aromatic heterocycles. The van der Waals surface area contributed by atoms with Crippen molar-refractivity contribution in [1.82, 2.24) is 5.32 Å². The Morgan fingerprint density at radius 1 is 1.41 bits per heavy atom. The van der Waals surface area contributed by atoms with E-state index >= 15 is 0 Å². The summed E-state index contributed by atoms with van der Waals surface area (Å²) in [5.74, 6) is -0.0291. The predicted octanol–water partition coefficient (Wildman–Crippen LogP) is 0.950. The molecule has 22 heavy (non-hydrogen) atoms. The zero-order chi connectivity index (χ0) is 16.2. The van der Waals surface area contributed by atoms with Crippen LogP contribution in [0.1, 0.15) is 31.7 Å². The van der Waals surface area contributed by atoms with Gasteiger partial charge in [0.1, 0.15) is 0 Å². The predicted molar refractivity (Wildman–Crippen MR) is 82.7 cm³/mol. The van der Waals surface area contributed by atoms with E-state index in [9.17, 15) is 13.2 Å². The number of ether oxygens (including phenoxy) is 1. The molecule has 1 aromatic carbocycles. The van der Waals surface area contributed by atoms with Gasteiger partial charge in [0.15, 0.2) is 0 Å². The maximum absolute atomic E-state index is 11.9. The van der Waals surface area contributed by atoms with Crippen molar-refractivity contribution < 1.29 is 17.9 Å². The summed E-state index contributed by atoms with van der Waals surface area (Å²) in [5.41, 5.74) is 0.896. The average Bonchev–Trinajstić information content (AvgIpc) is 2.99. The van der Waals surface area contributed by atoms with Crippen molar-refractivity contribution >= 4 is 15.9 Å². The highest BCUT2D eigenvalue weighted by atomic mass is 32.2. The van der Waals surface area contributed by atoms with Gasteiger partial charge in [-0.15, -0.1) is 0 Å². The fourth-order valence-corrected chi connectivity index (χ4v) is 3.04. The number of carbonyl (C=O) groups is 1. The minimum Gasteiger partial charge on any atom is -0.376 e. The first-order valence-electron chi connectivity index (χ1n) is 7.39. The second kappa shape index (κ2) is 7.21. The van der Waals surface area contributed by atoms with Crippen LogP contribution in [0.2, 0.25) is 0 Å². The van der Waals surface area contributed by atoms with E-state index in [-0.39, 0.29) is 22.9 Å². The average molecular weight is 326 g/mol. The van der Waals surface area contributed by atoms with Crippen LogP contribution in [-0.2, 0) is 26.0 Å². The normalized spacial score (nSPS) is 19.8. The van der Waals surface area contributed by atoms with Gasteiger partial charge in [-0.1, -0.05) is 12.1 Å². The summed E-state index contributed by atoms with van der Waals surface area (Å²) in [6.45, 7) is 2.72. The van der Waals surface area contributed by atoms with E-state index in [0.29, 0.717) is 12.8 Å². The molecule has 0 bridgehead atoms. The summed E-state index contributed by atoms with van der Waals surface area (Å²) in [6, 6.07) is 6.28. The Balaban J connectivity index is 1.80. The molecular weight excluding hydrogens is 304 g/mol. The molecule has 0 radical (unpaired) electrons. The van der Waals surface area contributed by atoms with E-state index in [1.165, 1.54) is 12.1 Å². The highest BCUT2D eigenvalue weighted by Gasteiger charge is 2.23. The fourth-order valence-electron chi connectivity index (χ4n) is 2.52. The van der Waals surface area contributed by atoms with Gasteiger partial charge in [0, 0.05) is 13.0 Å². The Morgan fingerprint density at radius 3 is 2.64 bits per heavy atom. The van der Waals surface area contributed by atoms with Crippen LogP contribution in [0.15, 0.2) is 29.2 Å². The molecule has 122 valence electrons. The van der Waals surface area contributed by atoms with Gasteiger partial charge in [-0.25, -0.2) is 13.6 Å². The Labute approximate surface area is 131 Å². The van der Waals surface area contributed by atoms with Crippen LogP contribution in [0.3, 0.4) is 0 Å². The second-order valence-electron chi connectivity index (χ2n) is 5.60. The molecule has 0 aliphatic carbocycles. The quantitative estimate of drug-likeness (QED) is 0.813. The van der Waals surface area contributed by atoms with Gasteiger partial charge in [-0.2, -0.15) is 0 Å². The maximum Gasteiger partial charge on any atom is 0.238 e. The molecule has 1 aliphatic rings. The monoisotopic (exact) mass is 326 g/mol. The number of nitrogens with two attached hydrogens (primary N) is 1. The van der Waals surface area contributed by atoms with Gasteiger partial charge >= 0.3 is 0 Å². The molecule has 1 heterocycles. The first-order chi connectivity index (χ1) is 10.4. The number of rotatable bonds is 6. The van der Waals surface area contributed by atoms with Gasteiger partial charge in [0.25, 0.3) is 0 Å². The van der Waals surface area contributed by atoms with E-state index in [2.05, 4.69) is 5.32 Å². The third-order valence-corrected chi connectivity index (χ3v) is 4.73. The van der Waals surface area contributed by atoms with Crippen LogP contribution in [-0.4, -0.2) is 33.1 Å². The summed E-state index contributed by atoms with van der Waals surface area (Å²) < 4.78 is 27.9. The molecule has 0 spiro atoms. The lowest BCUT2D eigenvalue weighted by molar-refractivity contribution is -0.122. The molecule has 3 N–H and O–H groups in total. The number of hydrogen-bond acceptors (Lipinski definition) is 4. The minimum absolute atomic E-state index is 0.0137. The zero-order valence-corrected chi connectivity index (χ0v) is 13.4. The Hall–Kier alpha value is -1.44. The van der Waals surface area contributed by atoms with Crippen LogP contribution >= 0.6 is 0 Å². The number of benzene rings is 1. The van der Waals surface area contributed by atoms with Crippen LogP contribution in [0.25, 0.3) is 0 Å². The molecule has 1 saturated heterocycles. The zero-order valence-electron chi connectivity index (χ0n) is 12.6. The van der Waals surface area contributed by atoms with Gasteiger partial charge in [0.2, 0.25) is 15.9 Å². The molecular formula is C15H22N2O4S. The van der Waals surface area contributed by atoms with E-state index in [1.54, 1.807) is 12.1 Å². The van der Waals surface area contributed by atoms with Crippen molar-refractivity contribution in [2.45, 2.75) is 49.6 Å². The maximum atomic E-state index is 11.9. The third kappa shape index (κ3) is 4.79. The van der Waals surface area contributed by atoms with Crippen molar-refractivity contribution in [1.29, 1.82) is 0 Å². The van der Waals surface area contributed by atoms with Gasteiger partial charge in [-0.3, -0.25) is 4.79 Å². The van der Waals surface area contributed by atoms with E-state index < -0.39 is 10.0 Å². The molecule has 1 fully saturated rings. The third-order valence-electron chi connectivity index (χ3n) is 3.80. The highest BCUT2D eigenvalue weighted by molar-refractivity contribution is 7.89. The molecule has 2 rings (SSSR count). The summed E-state index contributed by atoms with van der Waals surface area (Å²) in [5, 5.41) is 7.99. The molecule has 6 nitrogen and oxygen atoms in total.